The lowest BCUT2D eigenvalue weighted by atomic mass is 10.1. The largest absolute Gasteiger partial charge is 0.454 e. The lowest BCUT2D eigenvalue weighted by molar-refractivity contribution is 0.174. The first kappa shape index (κ1) is 18.0. The highest BCUT2D eigenvalue weighted by Crippen LogP contribution is 2.32. The van der Waals surface area contributed by atoms with E-state index in [2.05, 4.69) is 51.7 Å². The quantitative estimate of drug-likeness (QED) is 0.633. The first-order chi connectivity index (χ1) is 13.3. The zero-order valence-corrected chi connectivity index (χ0v) is 16.5. The highest BCUT2D eigenvalue weighted by molar-refractivity contribution is 7.14. The molecule has 2 aliphatic heterocycles. The van der Waals surface area contributed by atoms with Gasteiger partial charge in [-0.1, -0.05) is 6.07 Å². The van der Waals surface area contributed by atoms with Gasteiger partial charge in [-0.2, -0.15) is 0 Å². The van der Waals surface area contributed by atoms with Crippen LogP contribution in [0.25, 0.3) is 0 Å². The number of nitrogens with zero attached hydrogens (tertiary/aromatic N) is 3. The molecule has 0 bridgehead atoms. The fraction of sp³-hybridized carbons (Fsp3) is 0.450. The van der Waals surface area contributed by atoms with Gasteiger partial charge in [0.15, 0.2) is 17.5 Å². The third kappa shape index (κ3) is 4.30. The Morgan fingerprint density at radius 3 is 2.78 bits per heavy atom. The molecule has 0 amide bonds. The SMILES string of the molecule is CCNC(=NCCc1ccc2c(c1)OCO2)N1CCN(c2cccs2)CC1. The molecule has 6 nitrogen and oxygen atoms in total. The van der Waals surface area contributed by atoms with Crippen molar-refractivity contribution in [1.29, 1.82) is 0 Å². The van der Waals surface area contributed by atoms with Crippen molar-refractivity contribution in [2.45, 2.75) is 13.3 Å². The molecule has 3 heterocycles. The maximum atomic E-state index is 5.46. The van der Waals surface area contributed by atoms with Crippen LogP contribution in [-0.2, 0) is 6.42 Å². The molecule has 27 heavy (non-hydrogen) atoms. The molecule has 1 aromatic carbocycles. The van der Waals surface area contributed by atoms with Crippen LogP contribution in [0, 0.1) is 0 Å². The van der Waals surface area contributed by atoms with E-state index < -0.39 is 0 Å². The van der Waals surface area contributed by atoms with Crippen LogP contribution in [0.1, 0.15) is 12.5 Å². The summed E-state index contributed by atoms with van der Waals surface area (Å²) >= 11 is 1.81. The second-order valence-electron chi connectivity index (χ2n) is 6.60. The summed E-state index contributed by atoms with van der Waals surface area (Å²) in [5, 5.41) is 6.95. The van der Waals surface area contributed by atoms with Crippen LogP contribution in [0.15, 0.2) is 40.7 Å². The van der Waals surface area contributed by atoms with Crippen molar-refractivity contribution in [2.24, 2.45) is 4.99 Å². The van der Waals surface area contributed by atoms with E-state index in [4.69, 9.17) is 14.5 Å². The van der Waals surface area contributed by atoms with Crippen LogP contribution in [-0.4, -0.2) is 56.9 Å². The molecule has 1 aromatic heterocycles. The lowest BCUT2D eigenvalue weighted by Gasteiger charge is -2.37. The first-order valence-corrected chi connectivity index (χ1v) is 10.4. The predicted molar refractivity (Wildman–Crippen MR) is 110 cm³/mol. The van der Waals surface area contributed by atoms with Crippen LogP contribution in [0.4, 0.5) is 5.00 Å². The van der Waals surface area contributed by atoms with E-state index in [1.54, 1.807) is 0 Å². The Hall–Kier alpha value is -2.41. The Labute approximate surface area is 164 Å². The average molecular weight is 387 g/mol. The lowest BCUT2D eigenvalue weighted by Crippen LogP contribution is -2.52. The molecule has 1 N–H and O–H groups in total. The van der Waals surface area contributed by atoms with E-state index in [1.165, 1.54) is 10.6 Å². The van der Waals surface area contributed by atoms with Crippen molar-refractivity contribution in [1.82, 2.24) is 10.2 Å². The minimum absolute atomic E-state index is 0.318. The number of aliphatic imine (C=N–C) groups is 1. The number of fused-ring (bicyclic) bond motifs is 1. The molecule has 0 atom stereocenters. The van der Waals surface area contributed by atoms with Gasteiger partial charge >= 0.3 is 0 Å². The molecule has 1 fully saturated rings. The molecule has 0 radical (unpaired) electrons. The summed E-state index contributed by atoms with van der Waals surface area (Å²) < 4.78 is 10.8. The second-order valence-corrected chi connectivity index (χ2v) is 7.52. The number of rotatable bonds is 5. The number of benzene rings is 1. The van der Waals surface area contributed by atoms with Gasteiger partial charge in [0.2, 0.25) is 6.79 Å². The van der Waals surface area contributed by atoms with Gasteiger partial charge in [-0.3, -0.25) is 4.99 Å². The first-order valence-electron chi connectivity index (χ1n) is 9.53. The van der Waals surface area contributed by atoms with Crippen molar-refractivity contribution in [2.75, 3.05) is 51.0 Å². The van der Waals surface area contributed by atoms with Crippen LogP contribution in [0.5, 0.6) is 11.5 Å². The number of hydrogen-bond donors (Lipinski definition) is 1. The summed E-state index contributed by atoms with van der Waals surface area (Å²) in [7, 11) is 0. The highest BCUT2D eigenvalue weighted by atomic mass is 32.1. The second kappa shape index (κ2) is 8.52. The highest BCUT2D eigenvalue weighted by Gasteiger charge is 2.20. The van der Waals surface area contributed by atoms with E-state index in [9.17, 15) is 0 Å². The molecule has 2 aromatic rings. The Bertz CT molecular complexity index is 770. The van der Waals surface area contributed by atoms with Crippen molar-refractivity contribution in [3.8, 4) is 11.5 Å². The van der Waals surface area contributed by atoms with Gasteiger partial charge in [-0.25, -0.2) is 0 Å². The number of guanidine groups is 1. The summed E-state index contributed by atoms with van der Waals surface area (Å²) in [5.41, 5.74) is 1.22. The van der Waals surface area contributed by atoms with Crippen LogP contribution < -0.4 is 19.7 Å². The number of nitrogens with one attached hydrogen (secondary N) is 1. The van der Waals surface area contributed by atoms with Gasteiger partial charge in [-0.05, 0) is 48.6 Å². The molecule has 4 rings (SSSR count). The van der Waals surface area contributed by atoms with E-state index in [-0.39, 0.29) is 0 Å². The third-order valence-corrected chi connectivity index (χ3v) is 5.76. The summed E-state index contributed by atoms with van der Waals surface area (Å²) in [4.78, 5) is 9.68. The Morgan fingerprint density at radius 1 is 1.15 bits per heavy atom. The predicted octanol–water partition coefficient (Wildman–Crippen LogP) is 2.81. The molecule has 1 saturated heterocycles. The Balaban J connectivity index is 1.33. The van der Waals surface area contributed by atoms with Crippen molar-refractivity contribution >= 4 is 22.3 Å². The molecule has 144 valence electrons. The molecule has 7 heteroatoms. The molecule has 2 aliphatic rings. The van der Waals surface area contributed by atoms with E-state index in [0.717, 1.165) is 63.1 Å². The minimum atomic E-state index is 0.318. The zero-order chi connectivity index (χ0) is 18.5. The number of piperazine rings is 1. The van der Waals surface area contributed by atoms with E-state index >= 15 is 0 Å². The topological polar surface area (TPSA) is 49.3 Å². The maximum absolute atomic E-state index is 5.46. The molecule has 0 spiro atoms. The van der Waals surface area contributed by atoms with Gasteiger partial charge < -0.3 is 24.6 Å². The van der Waals surface area contributed by atoms with Gasteiger partial charge in [0.25, 0.3) is 0 Å². The van der Waals surface area contributed by atoms with Crippen molar-refractivity contribution < 1.29 is 9.47 Å². The standard InChI is InChI=1S/C20H26N4O2S/c1-2-21-20(24-11-9-23(10-12-24)19-4-3-13-27-19)22-8-7-16-5-6-17-18(14-16)26-15-25-17/h3-6,13-14H,2,7-12,15H2,1H3,(H,21,22). The summed E-state index contributed by atoms with van der Waals surface area (Å²) in [6, 6.07) is 10.5. The third-order valence-electron chi connectivity index (χ3n) is 4.83. The van der Waals surface area contributed by atoms with Crippen LogP contribution in [0.3, 0.4) is 0 Å². The van der Waals surface area contributed by atoms with E-state index in [0.29, 0.717) is 6.79 Å². The zero-order valence-electron chi connectivity index (χ0n) is 15.7. The van der Waals surface area contributed by atoms with Crippen LogP contribution >= 0.6 is 11.3 Å². The van der Waals surface area contributed by atoms with Crippen molar-refractivity contribution in [3.63, 3.8) is 0 Å². The minimum Gasteiger partial charge on any atom is -0.454 e. The maximum Gasteiger partial charge on any atom is 0.231 e. The molecule has 0 unspecified atom stereocenters. The van der Waals surface area contributed by atoms with Crippen LogP contribution in [0.2, 0.25) is 0 Å². The summed E-state index contributed by atoms with van der Waals surface area (Å²) in [6.45, 7) is 8.14. The summed E-state index contributed by atoms with van der Waals surface area (Å²) in [5.74, 6) is 2.69. The van der Waals surface area contributed by atoms with Gasteiger partial charge in [0.1, 0.15) is 0 Å². The fourth-order valence-electron chi connectivity index (χ4n) is 3.40. The average Bonchev–Trinajstić information content (AvgIpc) is 3.39. The van der Waals surface area contributed by atoms with Crippen molar-refractivity contribution in [3.05, 3.63) is 41.3 Å². The Kier molecular flexibility index (Phi) is 5.67. The van der Waals surface area contributed by atoms with Gasteiger partial charge in [0.05, 0.1) is 5.00 Å². The number of hydrogen-bond acceptors (Lipinski definition) is 5. The monoisotopic (exact) mass is 386 g/mol. The Morgan fingerprint density at radius 2 is 2.00 bits per heavy atom. The van der Waals surface area contributed by atoms with Gasteiger partial charge in [-0.15, -0.1) is 11.3 Å². The van der Waals surface area contributed by atoms with Gasteiger partial charge in [0, 0.05) is 39.3 Å². The normalized spacial score (nSPS) is 16.7. The number of ether oxygens (including phenoxy) is 2. The fourth-order valence-corrected chi connectivity index (χ4v) is 4.19. The number of thiophene rings is 1. The molecular formula is C20H26N4O2S. The molecular weight excluding hydrogens is 360 g/mol. The summed E-state index contributed by atoms with van der Waals surface area (Å²) in [6.07, 6.45) is 0.890. The smallest absolute Gasteiger partial charge is 0.231 e. The number of anilines is 1. The van der Waals surface area contributed by atoms with E-state index in [1.807, 2.05) is 17.4 Å². The molecule has 0 aliphatic carbocycles. The molecule has 0 saturated carbocycles.